The Hall–Kier alpha value is -3.78. The quantitative estimate of drug-likeness (QED) is 0.283. The summed E-state index contributed by atoms with van der Waals surface area (Å²) < 4.78 is 55.5. The molecule has 0 fully saturated rings. The van der Waals surface area contributed by atoms with Gasteiger partial charge in [-0.3, -0.25) is 14.3 Å². The predicted octanol–water partition coefficient (Wildman–Crippen LogP) is 6.47. The van der Waals surface area contributed by atoms with E-state index in [1.165, 1.54) is 6.07 Å². The van der Waals surface area contributed by atoms with Crippen LogP contribution in [0, 0.1) is 12.7 Å². The third-order valence-corrected chi connectivity index (χ3v) is 7.28. The first-order valence-corrected chi connectivity index (χ1v) is 12.5. The summed E-state index contributed by atoms with van der Waals surface area (Å²) in [5, 5.41) is 0. The van der Waals surface area contributed by atoms with Crippen molar-refractivity contribution in [2.75, 3.05) is 6.54 Å². The van der Waals surface area contributed by atoms with Crippen LogP contribution < -0.4 is 5.56 Å². The molecule has 0 aliphatic carbocycles. The zero-order chi connectivity index (χ0) is 27.0. The maximum atomic E-state index is 14.8. The minimum absolute atomic E-state index is 0.160. The minimum atomic E-state index is -4.62. The Morgan fingerprint density at radius 3 is 2.08 bits per heavy atom. The Labute approximate surface area is 218 Å². The van der Waals surface area contributed by atoms with Crippen molar-refractivity contribution in [1.29, 1.82) is 0 Å². The Morgan fingerprint density at radius 2 is 1.53 bits per heavy atom. The van der Waals surface area contributed by atoms with E-state index in [2.05, 4.69) is 0 Å². The van der Waals surface area contributed by atoms with Crippen molar-refractivity contribution in [2.45, 2.75) is 45.1 Å². The number of rotatable bonds is 5. The molecule has 4 nitrogen and oxygen atoms in total. The Kier molecular flexibility index (Phi) is 6.92. The molecule has 1 aliphatic heterocycles. The maximum absolute atomic E-state index is 14.8. The average Bonchev–Trinajstić information content (AvgIpc) is 2.91. The molecule has 0 saturated heterocycles. The predicted molar refractivity (Wildman–Crippen MR) is 137 cm³/mol. The lowest BCUT2D eigenvalue weighted by Gasteiger charge is -2.34. The van der Waals surface area contributed by atoms with Crippen LogP contribution in [0.2, 0.25) is 0 Å². The fourth-order valence-electron chi connectivity index (χ4n) is 5.26. The van der Waals surface area contributed by atoms with Gasteiger partial charge >= 0.3 is 6.18 Å². The van der Waals surface area contributed by atoms with E-state index in [9.17, 15) is 22.4 Å². The van der Waals surface area contributed by atoms with Gasteiger partial charge in [-0.15, -0.1) is 0 Å². The molecular weight excluding hydrogens is 494 g/mol. The largest absolute Gasteiger partial charge is 0.416 e. The molecule has 38 heavy (non-hydrogen) atoms. The van der Waals surface area contributed by atoms with Gasteiger partial charge in [0, 0.05) is 31.1 Å². The first-order valence-electron chi connectivity index (χ1n) is 12.5. The maximum Gasteiger partial charge on any atom is 0.416 e. The Bertz CT molecular complexity index is 1460. The number of hydrogen-bond acceptors (Lipinski definition) is 3. The molecule has 0 radical (unpaired) electrons. The van der Waals surface area contributed by atoms with Crippen LogP contribution >= 0.6 is 0 Å². The van der Waals surface area contributed by atoms with Crippen molar-refractivity contribution in [3.8, 4) is 0 Å². The van der Waals surface area contributed by atoms with E-state index in [-0.39, 0.29) is 23.7 Å². The molecule has 1 aliphatic rings. The molecule has 0 amide bonds. The Balaban J connectivity index is 1.53. The molecule has 1 atom stereocenters. The average molecular weight is 522 g/mol. The van der Waals surface area contributed by atoms with Crippen molar-refractivity contribution in [1.82, 2.24) is 14.5 Å². The molecule has 5 rings (SSSR count). The highest BCUT2D eigenvalue weighted by Crippen LogP contribution is 2.34. The molecule has 1 aromatic heterocycles. The molecule has 2 heterocycles. The van der Waals surface area contributed by atoms with Crippen molar-refractivity contribution >= 4 is 0 Å². The van der Waals surface area contributed by atoms with Gasteiger partial charge in [0.15, 0.2) is 0 Å². The molecule has 0 N–H and O–H groups in total. The first kappa shape index (κ1) is 25.9. The van der Waals surface area contributed by atoms with Gasteiger partial charge in [-0.25, -0.2) is 9.37 Å². The highest BCUT2D eigenvalue weighted by Gasteiger charge is 2.33. The van der Waals surface area contributed by atoms with Crippen LogP contribution in [0.4, 0.5) is 17.6 Å². The summed E-state index contributed by atoms with van der Waals surface area (Å²) in [5.74, 6) is -0.312. The lowest BCUT2D eigenvalue weighted by molar-refractivity contribution is -0.137. The molecule has 0 bridgehead atoms. The summed E-state index contributed by atoms with van der Waals surface area (Å²) in [7, 11) is 0. The van der Waals surface area contributed by atoms with Gasteiger partial charge in [0.2, 0.25) is 0 Å². The minimum Gasteiger partial charge on any atom is -0.292 e. The second-order valence-electron chi connectivity index (χ2n) is 9.61. The lowest BCUT2D eigenvalue weighted by Crippen LogP contribution is -2.41. The van der Waals surface area contributed by atoms with Crippen molar-refractivity contribution in [2.24, 2.45) is 0 Å². The van der Waals surface area contributed by atoms with Gasteiger partial charge in [0.1, 0.15) is 11.6 Å². The highest BCUT2D eigenvalue weighted by molar-refractivity contribution is 5.35. The molecule has 3 aromatic carbocycles. The van der Waals surface area contributed by atoms with E-state index in [0.29, 0.717) is 36.1 Å². The topological polar surface area (TPSA) is 38.1 Å². The van der Waals surface area contributed by atoms with E-state index < -0.39 is 23.6 Å². The smallest absolute Gasteiger partial charge is 0.292 e. The number of hydrogen-bond donors (Lipinski definition) is 0. The number of nitrogens with zero attached hydrogens (tertiary/aromatic N) is 3. The monoisotopic (exact) mass is 521 g/mol. The summed E-state index contributed by atoms with van der Waals surface area (Å²) in [6, 6.07) is 21.2. The molecular formula is C30H27F4N3O. The van der Waals surface area contributed by atoms with Crippen LogP contribution in [0.25, 0.3) is 0 Å². The number of aryl methyl sites for hydroxylation is 1. The zero-order valence-electron chi connectivity index (χ0n) is 21.0. The summed E-state index contributed by atoms with van der Waals surface area (Å²) in [6.45, 7) is 4.30. The van der Waals surface area contributed by atoms with E-state index in [4.69, 9.17) is 4.98 Å². The van der Waals surface area contributed by atoms with Crippen LogP contribution in [0.1, 0.15) is 58.3 Å². The van der Waals surface area contributed by atoms with Crippen molar-refractivity contribution in [3.05, 3.63) is 134 Å². The molecule has 0 unspecified atom stereocenters. The van der Waals surface area contributed by atoms with Crippen molar-refractivity contribution < 1.29 is 17.6 Å². The summed E-state index contributed by atoms with van der Waals surface area (Å²) in [6.07, 6.45) is -4.13. The summed E-state index contributed by atoms with van der Waals surface area (Å²) in [4.78, 5) is 20.8. The fourth-order valence-corrected chi connectivity index (χ4v) is 5.26. The van der Waals surface area contributed by atoms with Gasteiger partial charge in [-0.1, -0.05) is 66.7 Å². The second kappa shape index (κ2) is 10.2. The molecule has 196 valence electrons. The van der Waals surface area contributed by atoms with Crippen LogP contribution in [0.5, 0.6) is 0 Å². The third kappa shape index (κ3) is 4.88. The van der Waals surface area contributed by atoms with E-state index in [1.54, 1.807) is 11.5 Å². The first-order chi connectivity index (χ1) is 18.1. The van der Waals surface area contributed by atoms with Gasteiger partial charge in [-0.2, -0.15) is 13.2 Å². The van der Waals surface area contributed by atoms with Gasteiger partial charge in [0.05, 0.1) is 22.9 Å². The van der Waals surface area contributed by atoms with E-state index >= 15 is 0 Å². The number of halogens is 4. The SMILES string of the molecule is Cc1nc2c(c(=O)n1C(c1ccccc1)c1ccccc1)CN([C@@H](C)c1ccc(C(F)(F)F)cc1F)CC2. The number of fused-ring (bicyclic) bond motifs is 1. The van der Waals surface area contributed by atoms with Gasteiger partial charge in [-0.05, 0) is 37.1 Å². The summed E-state index contributed by atoms with van der Waals surface area (Å²) >= 11 is 0. The highest BCUT2D eigenvalue weighted by atomic mass is 19.4. The zero-order valence-corrected chi connectivity index (χ0v) is 21.0. The van der Waals surface area contributed by atoms with Gasteiger partial charge < -0.3 is 0 Å². The van der Waals surface area contributed by atoms with Crippen molar-refractivity contribution in [3.63, 3.8) is 0 Å². The van der Waals surface area contributed by atoms with Gasteiger partial charge in [0.25, 0.3) is 5.56 Å². The van der Waals surface area contributed by atoms with E-state index in [1.807, 2.05) is 72.5 Å². The van der Waals surface area contributed by atoms with Crippen LogP contribution in [0.3, 0.4) is 0 Å². The lowest BCUT2D eigenvalue weighted by atomic mass is 9.96. The van der Waals surface area contributed by atoms with E-state index in [0.717, 1.165) is 17.2 Å². The van der Waals surface area contributed by atoms with Crippen LogP contribution in [-0.4, -0.2) is 21.0 Å². The number of aromatic nitrogens is 2. The number of alkyl halides is 3. The normalized spacial score (nSPS) is 14.9. The van der Waals surface area contributed by atoms with Crippen LogP contribution in [0.15, 0.2) is 83.7 Å². The molecule has 0 saturated carbocycles. The second-order valence-corrected chi connectivity index (χ2v) is 9.61. The fraction of sp³-hybridized carbons (Fsp3) is 0.267. The standard InChI is InChI=1S/C30H27F4N3O/c1-19(24-14-13-23(17-26(24)31)30(32,33)34)36-16-15-27-25(18-36)29(38)37(20(2)35-27)28(21-9-5-3-6-10-21)22-11-7-4-8-12-22/h3-14,17,19,28H,15-16,18H2,1-2H3/t19-/m0/s1. The molecule has 8 heteroatoms. The van der Waals surface area contributed by atoms with Crippen LogP contribution in [-0.2, 0) is 19.1 Å². The number of benzene rings is 3. The Morgan fingerprint density at radius 1 is 0.921 bits per heavy atom. The summed E-state index contributed by atoms with van der Waals surface area (Å²) in [5.41, 5.74) is 2.09. The molecule has 0 spiro atoms. The molecule has 4 aromatic rings. The third-order valence-electron chi connectivity index (χ3n) is 7.28.